The van der Waals surface area contributed by atoms with E-state index in [0.717, 1.165) is 0 Å². The van der Waals surface area contributed by atoms with Gasteiger partial charge in [-0.2, -0.15) is 0 Å². The highest BCUT2D eigenvalue weighted by Gasteiger charge is 2.17. The Morgan fingerprint density at radius 3 is 2.80 bits per heavy atom. The highest BCUT2D eigenvalue weighted by atomic mass is 35.5. The molecule has 6 nitrogen and oxygen atoms in total. The highest BCUT2D eigenvalue weighted by Crippen LogP contribution is 2.26. The van der Waals surface area contributed by atoms with E-state index < -0.39 is 5.82 Å². The summed E-state index contributed by atoms with van der Waals surface area (Å²) in [6, 6.07) is 4.65. The van der Waals surface area contributed by atoms with Gasteiger partial charge in [0.2, 0.25) is 0 Å². The van der Waals surface area contributed by atoms with Gasteiger partial charge in [-0.1, -0.05) is 17.7 Å². The first-order valence-electron chi connectivity index (χ1n) is 5.59. The van der Waals surface area contributed by atoms with Crippen LogP contribution in [0.15, 0.2) is 36.9 Å². The molecule has 1 aromatic carbocycles. The van der Waals surface area contributed by atoms with Gasteiger partial charge in [-0.3, -0.25) is 4.57 Å². The van der Waals surface area contributed by atoms with Gasteiger partial charge in [-0.15, -0.1) is 10.2 Å². The standard InChI is InChI=1S/C12H8ClFN6/c13-7-2-1-3-8(9(7)14)20-6-18-19-12(20)10-11(15)17-5-4-16-10/h1-6H,(H2,15,17). The van der Waals surface area contributed by atoms with Crippen molar-refractivity contribution >= 4 is 17.4 Å². The largest absolute Gasteiger partial charge is 0.382 e. The summed E-state index contributed by atoms with van der Waals surface area (Å²) in [5.41, 5.74) is 6.29. The number of nitrogens with two attached hydrogens (primary N) is 1. The smallest absolute Gasteiger partial charge is 0.190 e. The number of anilines is 1. The van der Waals surface area contributed by atoms with Crippen LogP contribution in [0.1, 0.15) is 0 Å². The lowest BCUT2D eigenvalue weighted by Gasteiger charge is -2.08. The van der Waals surface area contributed by atoms with Crippen LogP contribution in [0, 0.1) is 5.82 Å². The van der Waals surface area contributed by atoms with Crippen LogP contribution in [-0.2, 0) is 0 Å². The van der Waals surface area contributed by atoms with E-state index in [1.54, 1.807) is 12.1 Å². The molecule has 100 valence electrons. The van der Waals surface area contributed by atoms with Crippen LogP contribution in [0.5, 0.6) is 0 Å². The number of aromatic nitrogens is 5. The van der Waals surface area contributed by atoms with Gasteiger partial charge in [-0.25, -0.2) is 14.4 Å². The molecule has 0 aliphatic rings. The summed E-state index contributed by atoms with van der Waals surface area (Å²) in [5, 5.41) is 7.69. The van der Waals surface area contributed by atoms with Gasteiger partial charge in [0.05, 0.1) is 10.7 Å². The van der Waals surface area contributed by atoms with Crippen LogP contribution in [0.25, 0.3) is 17.2 Å². The van der Waals surface area contributed by atoms with E-state index in [1.807, 2.05) is 0 Å². The maximum atomic E-state index is 14.1. The number of benzene rings is 1. The first kappa shape index (κ1) is 12.5. The van der Waals surface area contributed by atoms with Gasteiger partial charge in [0, 0.05) is 12.4 Å². The number of halogens is 2. The van der Waals surface area contributed by atoms with Crippen molar-refractivity contribution in [1.82, 2.24) is 24.7 Å². The number of rotatable bonds is 2. The molecule has 0 radical (unpaired) electrons. The maximum Gasteiger partial charge on any atom is 0.190 e. The molecule has 8 heteroatoms. The molecule has 0 aliphatic heterocycles. The zero-order valence-corrected chi connectivity index (χ0v) is 10.8. The molecule has 0 bridgehead atoms. The predicted octanol–water partition coefficient (Wildman–Crippen LogP) is 2.10. The van der Waals surface area contributed by atoms with Crippen LogP contribution in [0.2, 0.25) is 5.02 Å². The first-order valence-corrected chi connectivity index (χ1v) is 5.97. The van der Waals surface area contributed by atoms with Crippen LogP contribution < -0.4 is 5.73 Å². The van der Waals surface area contributed by atoms with Crippen molar-refractivity contribution in [3.8, 4) is 17.2 Å². The van der Waals surface area contributed by atoms with E-state index in [-0.39, 0.29) is 22.4 Å². The molecule has 0 unspecified atom stereocenters. The van der Waals surface area contributed by atoms with Crippen molar-refractivity contribution in [3.63, 3.8) is 0 Å². The molecule has 0 amide bonds. The van der Waals surface area contributed by atoms with E-state index in [4.69, 9.17) is 17.3 Å². The molecule has 2 heterocycles. The normalized spacial score (nSPS) is 10.7. The number of hydrogen-bond acceptors (Lipinski definition) is 5. The van der Waals surface area contributed by atoms with Crippen molar-refractivity contribution < 1.29 is 4.39 Å². The molecule has 0 atom stereocenters. The average Bonchev–Trinajstić information content (AvgIpc) is 2.91. The van der Waals surface area contributed by atoms with E-state index in [2.05, 4.69) is 20.2 Å². The molecular weight excluding hydrogens is 283 g/mol. The Hall–Kier alpha value is -2.54. The lowest BCUT2D eigenvalue weighted by Crippen LogP contribution is -2.04. The van der Waals surface area contributed by atoms with Crippen LogP contribution >= 0.6 is 11.6 Å². The zero-order valence-electron chi connectivity index (χ0n) is 10.0. The molecule has 0 spiro atoms. The van der Waals surface area contributed by atoms with Crippen molar-refractivity contribution in [1.29, 1.82) is 0 Å². The minimum absolute atomic E-state index is 0.00858. The monoisotopic (exact) mass is 290 g/mol. The Kier molecular flexibility index (Phi) is 3.03. The summed E-state index contributed by atoms with van der Waals surface area (Å²) in [5.74, 6) is -0.0985. The average molecular weight is 291 g/mol. The SMILES string of the molecule is Nc1nccnc1-c1nncn1-c1cccc(Cl)c1F. The highest BCUT2D eigenvalue weighted by molar-refractivity contribution is 6.30. The zero-order chi connectivity index (χ0) is 14.1. The Morgan fingerprint density at radius 2 is 2.00 bits per heavy atom. The fourth-order valence-corrected chi connectivity index (χ4v) is 1.94. The van der Waals surface area contributed by atoms with Crippen LogP contribution in [0.4, 0.5) is 10.2 Å². The second-order valence-corrected chi connectivity index (χ2v) is 4.29. The van der Waals surface area contributed by atoms with Crippen molar-refractivity contribution in [3.05, 3.63) is 47.8 Å². The van der Waals surface area contributed by atoms with Crippen molar-refractivity contribution in [2.24, 2.45) is 0 Å². The van der Waals surface area contributed by atoms with Crippen LogP contribution in [0.3, 0.4) is 0 Å². The minimum Gasteiger partial charge on any atom is -0.382 e. The van der Waals surface area contributed by atoms with E-state index in [0.29, 0.717) is 5.69 Å². The molecule has 0 aliphatic carbocycles. The fraction of sp³-hybridized carbons (Fsp3) is 0. The van der Waals surface area contributed by atoms with Crippen molar-refractivity contribution in [2.75, 3.05) is 5.73 Å². The molecular formula is C12H8ClFN6. The maximum absolute atomic E-state index is 14.1. The van der Waals surface area contributed by atoms with Gasteiger partial charge in [0.15, 0.2) is 23.2 Å². The Morgan fingerprint density at radius 1 is 1.20 bits per heavy atom. The summed E-state index contributed by atoms with van der Waals surface area (Å²) < 4.78 is 15.5. The van der Waals surface area contributed by atoms with Crippen LogP contribution in [-0.4, -0.2) is 24.7 Å². The van der Waals surface area contributed by atoms with E-state index in [1.165, 1.54) is 29.4 Å². The fourth-order valence-electron chi connectivity index (χ4n) is 1.77. The predicted molar refractivity (Wildman–Crippen MR) is 71.8 cm³/mol. The first-order chi connectivity index (χ1) is 9.68. The number of nitrogens with zero attached hydrogens (tertiary/aromatic N) is 5. The third kappa shape index (κ3) is 1.97. The summed E-state index contributed by atoms with van der Waals surface area (Å²) in [6.45, 7) is 0. The summed E-state index contributed by atoms with van der Waals surface area (Å²) >= 11 is 5.78. The summed E-state index contributed by atoms with van der Waals surface area (Å²) in [6.07, 6.45) is 4.29. The number of nitrogen functional groups attached to an aromatic ring is 1. The summed E-state index contributed by atoms with van der Waals surface area (Å²) in [7, 11) is 0. The van der Waals surface area contributed by atoms with Gasteiger partial charge >= 0.3 is 0 Å². The molecule has 2 N–H and O–H groups in total. The molecule has 0 fully saturated rings. The third-order valence-electron chi connectivity index (χ3n) is 2.68. The minimum atomic E-state index is -0.572. The second kappa shape index (κ2) is 4.86. The van der Waals surface area contributed by atoms with Gasteiger partial charge in [-0.05, 0) is 12.1 Å². The van der Waals surface area contributed by atoms with Crippen molar-refractivity contribution in [2.45, 2.75) is 0 Å². The molecule has 20 heavy (non-hydrogen) atoms. The quantitative estimate of drug-likeness (QED) is 0.781. The van der Waals surface area contributed by atoms with E-state index in [9.17, 15) is 4.39 Å². The lowest BCUT2D eigenvalue weighted by atomic mass is 10.3. The molecule has 2 aromatic heterocycles. The van der Waals surface area contributed by atoms with E-state index >= 15 is 0 Å². The molecule has 3 rings (SSSR count). The molecule has 0 saturated carbocycles. The van der Waals surface area contributed by atoms with Gasteiger partial charge < -0.3 is 5.73 Å². The van der Waals surface area contributed by atoms with Gasteiger partial charge in [0.25, 0.3) is 0 Å². The Bertz CT molecular complexity index is 772. The topological polar surface area (TPSA) is 82.5 Å². The molecule has 0 saturated heterocycles. The third-order valence-corrected chi connectivity index (χ3v) is 2.97. The summed E-state index contributed by atoms with van der Waals surface area (Å²) in [4.78, 5) is 8.02. The Labute approximate surface area is 118 Å². The Balaban J connectivity index is 2.21. The lowest BCUT2D eigenvalue weighted by molar-refractivity contribution is 0.619. The van der Waals surface area contributed by atoms with Gasteiger partial charge in [0.1, 0.15) is 6.33 Å². The number of hydrogen-bond donors (Lipinski definition) is 1. The second-order valence-electron chi connectivity index (χ2n) is 3.89. The molecule has 3 aromatic rings.